The number of alkyl halides is 9. The van der Waals surface area contributed by atoms with E-state index in [4.69, 9.17) is 15.0 Å². The van der Waals surface area contributed by atoms with Gasteiger partial charge in [0.05, 0.1) is 60.2 Å². The first-order chi connectivity index (χ1) is 56.9. The Balaban J connectivity index is 0.000000142. The van der Waals surface area contributed by atoms with Crippen molar-refractivity contribution < 1.29 is 53.2 Å². The number of pyridine rings is 2. The van der Waals surface area contributed by atoms with Crippen molar-refractivity contribution in [2.24, 2.45) is 37.4 Å². The molecule has 0 spiro atoms. The highest BCUT2D eigenvalue weighted by Gasteiger charge is 2.50. The zero-order chi connectivity index (χ0) is 88.0. The first kappa shape index (κ1) is 87.3. The summed E-state index contributed by atoms with van der Waals surface area (Å²) in [6, 6.07) is 53.8. The number of aryl methyl sites for hydroxylation is 6. The second-order valence-electron chi connectivity index (χ2n) is 36.9. The molecule has 10 nitrogen and oxygen atoms in total. The van der Waals surface area contributed by atoms with E-state index in [1.165, 1.54) is 186 Å². The van der Waals surface area contributed by atoms with Crippen LogP contribution in [0.5, 0.6) is 0 Å². The third-order valence-corrected chi connectivity index (χ3v) is 29.6. The summed E-state index contributed by atoms with van der Waals surface area (Å²) in [5.41, 5.74) is 12.4. The van der Waals surface area contributed by atoms with E-state index in [0.717, 1.165) is 71.2 Å². The van der Waals surface area contributed by atoms with Gasteiger partial charge in [-0.1, -0.05) is 263 Å². The van der Waals surface area contributed by atoms with Crippen LogP contribution in [0.1, 0.15) is 152 Å². The molecule has 0 aliphatic heterocycles. The average molecular weight is 1770 g/mol. The van der Waals surface area contributed by atoms with Crippen LogP contribution < -0.4 is 13.7 Å². The minimum Gasteiger partial charge on any atom is -0.232 e. The molecule has 9 aromatic heterocycles. The van der Waals surface area contributed by atoms with Gasteiger partial charge in [-0.3, -0.25) is 0 Å². The Hall–Kier alpha value is -9.63. The van der Waals surface area contributed by atoms with E-state index in [1.54, 1.807) is 6.33 Å². The van der Waals surface area contributed by atoms with Gasteiger partial charge in [-0.15, -0.1) is 0 Å². The molecule has 25 heteroatoms. The standard InChI is InChI=1S/2C34H33F3N3S2.C29H30F3N4S2/c1-19-20-12-8-9-13-21(20)25(32(2,3)4)16-23(19)27-17-24(22-14-10-11-15-26(22)40(27)7)29-39-31-30(42-29)38-28(41-31)18-33(5,6)34(35,36)37;1-19-22-10-8-9-11-24(22)26(32(2,3)4)17-25(19)28-23-13-12-21(16-20(23)14-15-40(28)7)29-39-31-30(42-29)38-27(41-31)18-33(5,6)34(35,36)37;1-16-17-10-8-9-11-18(17)20(27(2,3)4)12-19(16)22-13-21(33-15-36(22)7)24-35-26-25(38-24)34-23(37-26)14-28(5,6)29(30,31)32/h2*8-17H,18H2,1-7H3;8-13,15H,14H2,1-7H3/q3*+1. The van der Waals surface area contributed by atoms with E-state index < -0.39 is 34.8 Å². The summed E-state index contributed by atoms with van der Waals surface area (Å²) in [7, 11) is 6.17. The quantitative estimate of drug-likeness (QED) is 0.0887. The minimum atomic E-state index is -4.30. The predicted molar refractivity (Wildman–Crippen MR) is 488 cm³/mol. The Morgan fingerprint density at radius 1 is 0.328 bits per heavy atom. The highest BCUT2D eigenvalue weighted by molar-refractivity contribution is 7.29. The van der Waals surface area contributed by atoms with Crippen molar-refractivity contribution in [3.8, 4) is 65.6 Å². The van der Waals surface area contributed by atoms with Gasteiger partial charge in [0.1, 0.15) is 29.8 Å². The maximum Gasteiger partial charge on any atom is 0.394 e. The lowest BCUT2D eigenvalue weighted by atomic mass is 9.80. The zero-order valence-corrected chi connectivity index (χ0v) is 76.9. The molecule has 9 heterocycles. The highest BCUT2D eigenvalue weighted by atomic mass is 32.1. The van der Waals surface area contributed by atoms with E-state index in [2.05, 4.69) is 266 Å². The van der Waals surface area contributed by atoms with Crippen molar-refractivity contribution in [1.29, 1.82) is 0 Å². The summed E-state index contributed by atoms with van der Waals surface area (Å²) in [4.78, 5) is 36.6. The van der Waals surface area contributed by atoms with Crippen LogP contribution in [0.3, 0.4) is 0 Å². The molecule has 0 saturated carbocycles. The molecule has 0 amide bonds. The fourth-order valence-electron chi connectivity index (χ4n) is 15.8. The van der Waals surface area contributed by atoms with Gasteiger partial charge >= 0.3 is 18.5 Å². The molecule has 0 bridgehead atoms. The fourth-order valence-corrected chi connectivity index (χ4v) is 22.7. The number of thiazole rings is 6. The molecule has 0 N–H and O–H groups in total. The largest absolute Gasteiger partial charge is 0.394 e. The molecule has 0 saturated heterocycles. The van der Waals surface area contributed by atoms with Crippen molar-refractivity contribution in [1.82, 2.24) is 34.9 Å². The number of fused-ring (bicyclic) bond motifs is 8. The maximum absolute atomic E-state index is 13.5. The molecule has 0 unspecified atom stereocenters. The molecular weight excluding hydrogens is 1670 g/mol. The Morgan fingerprint density at radius 2 is 0.697 bits per heavy atom. The normalized spacial score (nSPS) is 13.1. The van der Waals surface area contributed by atoms with E-state index >= 15 is 0 Å². The van der Waals surface area contributed by atoms with Gasteiger partial charge in [-0.25, -0.2) is 39.0 Å². The number of benzene rings is 8. The lowest BCUT2D eigenvalue weighted by Gasteiger charge is -2.26. The van der Waals surface area contributed by atoms with Crippen molar-refractivity contribution >= 4 is 151 Å². The Labute approximate surface area is 728 Å². The number of hydrogen-bond donors (Lipinski definition) is 0. The SMILES string of the molecule is Cc1c(-c2c3ccc(-c4nc5sc(CC(C)(C)C(F)(F)F)nc5s4)cc3cc[n+]2C)cc(C(C)(C)C)c2ccccc12.Cc1c(-c2cc(-c3nc4sc(CC(C)(C)C(F)(F)F)nc4s3)c3ccccc3[n+]2C)cc(C(C)(C)C)c2ccccc12.Cc1c(-c2cc(-c3nc4sc(CC(C)(C)C(F)(F)F)nc4s3)nc[n+]2C)cc(C(C)(C)C)c2ccccc12. The van der Waals surface area contributed by atoms with Gasteiger partial charge in [-0.2, -0.15) is 44.1 Å². The first-order valence-electron chi connectivity index (χ1n) is 40.2. The van der Waals surface area contributed by atoms with Crippen molar-refractivity contribution in [3.05, 3.63) is 213 Å². The summed E-state index contributed by atoms with van der Waals surface area (Å²) in [5, 5.41) is 14.6. The summed E-state index contributed by atoms with van der Waals surface area (Å²) in [6.45, 7) is 34.0. The molecule has 0 fully saturated rings. The molecule has 0 atom stereocenters. The van der Waals surface area contributed by atoms with Crippen LogP contribution in [0.2, 0.25) is 0 Å². The number of para-hydroxylation sites is 1. The molecular formula is C97H96F9N10S6+3. The van der Waals surface area contributed by atoms with Gasteiger partial charge in [0.25, 0.3) is 6.33 Å². The van der Waals surface area contributed by atoms with Crippen LogP contribution in [0.4, 0.5) is 39.5 Å². The van der Waals surface area contributed by atoms with Crippen molar-refractivity contribution in [3.63, 3.8) is 0 Å². The summed E-state index contributed by atoms with van der Waals surface area (Å²) in [5.74, 6) is 0. The number of halogens is 9. The van der Waals surface area contributed by atoms with E-state index in [1.807, 2.05) is 29.8 Å². The average Bonchev–Trinajstić information content (AvgIpc) is 1.06. The zero-order valence-electron chi connectivity index (χ0n) is 72.0. The molecule has 122 heavy (non-hydrogen) atoms. The molecule has 630 valence electrons. The number of rotatable bonds is 12. The van der Waals surface area contributed by atoms with E-state index in [-0.39, 0.29) is 35.5 Å². The first-order valence-corrected chi connectivity index (χ1v) is 45.1. The lowest BCUT2D eigenvalue weighted by Crippen LogP contribution is -2.34. The highest BCUT2D eigenvalue weighted by Crippen LogP contribution is 2.50. The van der Waals surface area contributed by atoms with E-state index in [0.29, 0.717) is 49.0 Å². The van der Waals surface area contributed by atoms with E-state index in [9.17, 15) is 39.5 Å². The van der Waals surface area contributed by atoms with Gasteiger partial charge in [0.15, 0.2) is 40.2 Å². The lowest BCUT2D eigenvalue weighted by molar-refractivity contribution is -0.663. The van der Waals surface area contributed by atoms with Crippen LogP contribution in [-0.4, -0.2) is 53.4 Å². The maximum atomic E-state index is 13.5. The van der Waals surface area contributed by atoms with Crippen LogP contribution in [0, 0.1) is 37.0 Å². The monoisotopic (exact) mass is 1760 g/mol. The Kier molecular flexibility index (Phi) is 22.6. The summed E-state index contributed by atoms with van der Waals surface area (Å²) < 4.78 is 127. The number of nitrogens with zero attached hydrogens (tertiary/aromatic N) is 10. The van der Waals surface area contributed by atoms with Gasteiger partial charge in [-0.05, 0) is 149 Å². The molecule has 17 rings (SSSR count). The number of hydrogen-bond acceptors (Lipinski definition) is 13. The summed E-state index contributed by atoms with van der Waals surface area (Å²) in [6.07, 6.45) is -9.47. The van der Waals surface area contributed by atoms with Crippen LogP contribution in [-0.2, 0) is 56.7 Å². The van der Waals surface area contributed by atoms with Crippen LogP contribution >= 0.6 is 68.0 Å². The molecule has 17 aromatic rings. The molecule has 0 aliphatic carbocycles. The van der Waals surface area contributed by atoms with Crippen molar-refractivity contribution in [2.45, 2.75) is 179 Å². The minimum absolute atomic E-state index is 0.0214. The van der Waals surface area contributed by atoms with Crippen LogP contribution in [0.15, 0.2) is 164 Å². The third-order valence-electron chi connectivity index (χ3n) is 23.4. The van der Waals surface area contributed by atoms with Gasteiger partial charge in [0.2, 0.25) is 22.6 Å². The van der Waals surface area contributed by atoms with Crippen LogP contribution in [0.25, 0.3) is 149 Å². The molecule has 0 radical (unpaired) electrons. The second kappa shape index (κ2) is 31.5. The number of aromatic nitrogens is 10. The molecule has 8 aromatic carbocycles. The van der Waals surface area contributed by atoms with Gasteiger partial charge in [0, 0.05) is 60.2 Å². The Morgan fingerprint density at radius 3 is 1.13 bits per heavy atom. The predicted octanol–water partition coefficient (Wildman–Crippen LogP) is 28.1. The smallest absolute Gasteiger partial charge is 0.232 e. The topological polar surface area (TPSA) is 102 Å². The summed E-state index contributed by atoms with van der Waals surface area (Å²) >= 11 is 7.96. The third kappa shape index (κ3) is 16.7. The van der Waals surface area contributed by atoms with Crippen molar-refractivity contribution in [2.75, 3.05) is 0 Å². The Bertz CT molecular complexity index is 6870. The van der Waals surface area contributed by atoms with Gasteiger partial charge < -0.3 is 0 Å². The fraction of sp³-hybridized carbons (Fsp3) is 0.340. The molecule has 0 aliphatic rings. The second-order valence-corrected chi connectivity index (χ2v) is 43.0.